The molecule has 128 valence electrons. The van der Waals surface area contributed by atoms with Gasteiger partial charge in [-0.1, -0.05) is 18.2 Å². The summed E-state index contributed by atoms with van der Waals surface area (Å²) in [6.07, 6.45) is 0.00437. The van der Waals surface area contributed by atoms with E-state index in [1.165, 1.54) is 11.8 Å². The number of Topliss-reactive ketones (excluding diaryl/α,β-unsaturated/α-hetero) is 1. The maximum absolute atomic E-state index is 13.9. The molecule has 0 saturated carbocycles. The number of carbonyl (C=O) groups excluding carboxylic acids is 2. The van der Waals surface area contributed by atoms with E-state index in [1.54, 1.807) is 10.8 Å². The number of hydrogen-bond donors (Lipinski definition) is 0. The van der Waals surface area contributed by atoms with Crippen LogP contribution in [0.1, 0.15) is 24.2 Å². The zero-order valence-corrected chi connectivity index (χ0v) is 13.9. The Hall–Kier alpha value is -2.21. The van der Waals surface area contributed by atoms with Crippen molar-refractivity contribution >= 4 is 22.6 Å². The van der Waals surface area contributed by atoms with Gasteiger partial charge in [-0.05, 0) is 19.9 Å². The van der Waals surface area contributed by atoms with E-state index in [0.717, 1.165) is 10.9 Å². The van der Waals surface area contributed by atoms with Crippen LogP contribution in [0.2, 0.25) is 0 Å². The Morgan fingerprint density at radius 2 is 2.04 bits per heavy atom. The molecule has 2 aromatic rings. The van der Waals surface area contributed by atoms with Crippen LogP contribution in [0.25, 0.3) is 10.9 Å². The molecule has 1 fully saturated rings. The summed E-state index contributed by atoms with van der Waals surface area (Å²) < 4.78 is 21.0. The van der Waals surface area contributed by atoms with Gasteiger partial charge in [-0.3, -0.25) is 9.59 Å². The molecular weight excluding hydrogens is 311 g/mol. The Balaban J connectivity index is 1.80. The number of nitrogens with zero attached hydrogens (tertiary/aromatic N) is 2. The van der Waals surface area contributed by atoms with Gasteiger partial charge < -0.3 is 14.2 Å². The molecule has 2 unspecified atom stereocenters. The van der Waals surface area contributed by atoms with Crippen LogP contribution in [-0.4, -0.2) is 53.1 Å². The highest BCUT2D eigenvalue weighted by molar-refractivity contribution is 6.07. The fraction of sp³-hybridized carbons (Fsp3) is 0.444. The molecule has 6 heteroatoms. The number of benzene rings is 1. The summed E-state index contributed by atoms with van der Waals surface area (Å²) in [4.78, 5) is 25.8. The lowest BCUT2D eigenvalue weighted by atomic mass is 10.1. The average molecular weight is 332 g/mol. The third-order valence-electron chi connectivity index (χ3n) is 4.41. The number of amides is 1. The number of hydrogen-bond acceptors (Lipinski definition) is 3. The highest BCUT2D eigenvalue weighted by atomic mass is 19.1. The first-order valence-corrected chi connectivity index (χ1v) is 8.13. The Labute approximate surface area is 140 Å². The van der Waals surface area contributed by atoms with Gasteiger partial charge in [0.25, 0.3) is 0 Å². The van der Waals surface area contributed by atoms with Crippen LogP contribution in [0, 0.1) is 0 Å². The topological polar surface area (TPSA) is 51.5 Å². The number of halogens is 1. The monoisotopic (exact) mass is 332 g/mol. The first kappa shape index (κ1) is 16.6. The van der Waals surface area contributed by atoms with Crippen molar-refractivity contribution in [3.8, 4) is 0 Å². The molecule has 0 radical (unpaired) electrons. The zero-order chi connectivity index (χ0) is 17.3. The van der Waals surface area contributed by atoms with Crippen LogP contribution in [0.5, 0.6) is 0 Å². The Kier molecular flexibility index (Phi) is 4.66. The summed E-state index contributed by atoms with van der Waals surface area (Å²) in [5.41, 5.74) is 1.42. The molecule has 5 nitrogen and oxygen atoms in total. The summed E-state index contributed by atoms with van der Waals surface area (Å²) in [5.74, 6) is -0.213. The number of ketones is 1. The fourth-order valence-electron chi connectivity index (χ4n) is 3.21. The van der Waals surface area contributed by atoms with Crippen molar-refractivity contribution in [3.63, 3.8) is 0 Å². The predicted octanol–water partition coefficient (Wildman–Crippen LogP) is 2.43. The summed E-state index contributed by atoms with van der Waals surface area (Å²) in [7, 11) is 0. The second-order valence-electron chi connectivity index (χ2n) is 6.05. The van der Waals surface area contributed by atoms with Gasteiger partial charge in [0.15, 0.2) is 5.78 Å². The van der Waals surface area contributed by atoms with Crippen molar-refractivity contribution in [3.05, 3.63) is 36.0 Å². The van der Waals surface area contributed by atoms with Gasteiger partial charge in [0, 0.05) is 35.8 Å². The van der Waals surface area contributed by atoms with E-state index in [4.69, 9.17) is 4.74 Å². The van der Waals surface area contributed by atoms with E-state index in [1.807, 2.05) is 31.2 Å². The molecule has 0 aliphatic carbocycles. The molecular formula is C18H21FN2O3. The van der Waals surface area contributed by atoms with Gasteiger partial charge >= 0.3 is 0 Å². The molecule has 1 saturated heterocycles. The normalized spacial score (nSPS) is 20.7. The lowest BCUT2D eigenvalue weighted by Crippen LogP contribution is -2.32. The molecule has 3 rings (SSSR count). The number of likely N-dealkylation sites (tertiary alicyclic amines) is 1. The first-order valence-electron chi connectivity index (χ1n) is 8.13. The average Bonchev–Trinajstić information content (AvgIpc) is 3.10. The van der Waals surface area contributed by atoms with E-state index in [0.29, 0.717) is 12.2 Å². The van der Waals surface area contributed by atoms with Crippen LogP contribution in [-0.2, 0) is 16.1 Å². The van der Waals surface area contributed by atoms with Crippen molar-refractivity contribution in [2.24, 2.45) is 0 Å². The van der Waals surface area contributed by atoms with Crippen LogP contribution in [0.15, 0.2) is 30.5 Å². The highest BCUT2D eigenvalue weighted by Crippen LogP contribution is 2.23. The zero-order valence-electron chi connectivity index (χ0n) is 13.9. The lowest BCUT2D eigenvalue weighted by molar-refractivity contribution is -0.131. The van der Waals surface area contributed by atoms with Crippen molar-refractivity contribution in [2.75, 3.05) is 19.7 Å². The number of carbonyl (C=O) groups is 2. The number of rotatable bonds is 5. The molecule has 1 aromatic carbocycles. The third-order valence-corrected chi connectivity index (χ3v) is 4.41. The van der Waals surface area contributed by atoms with E-state index < -0.39 is 12.3 Å². The Morgan fingerprint density at radius 1 is 1.29 bits per heavy atom. The maximum Gasteiger partial charge on any atom is 0.242 e. The van der Waals surface area contributed by atoms with E-state index in [2.05, 4.69) is 0 Å². The van der Waals surface area contributed by atoms with Gasteiger partial charge in [0.1, 0.15) is 18.8 Å². The summed E-state index contributed by atoms with van der Waals surface area (Å²) >= 11 is 0. The molecule has 1 aliphatic rings. The molecule has 24 heavy (non-hydrogen) atoms. The first-order chi connectivity index (χ1) is 11.5. The van der Waals surface area contributed by atoms with Crippen LogP contribution in [0.4, 0.5) is 4.39 Å². The maximum atomic E-state index is 13.9. The van der Waals surface area contributed by atoms with Crippen molar-refractivity contribution < 1.29 is 18.7 Å². The second kappa shape index (κ2) is 6.73. The number of alkyl halides is 1. The second-order valence-corrected chi connectivity index (χ2v) is 6.05. The Morgan fingerprint density at radius 3 is 2.75 bits per heavy atom. The summed E-state index contributed by atoms with van der Waals surface area (Å²) in [5, 5.41) is 0.829. The number of fused-ring (bicyclic) bond motifs is 1. The molecule has 2 heterocycles. The van der Waals surface area contributed by atoms with Gasteiger partial charge in [0.05, 0.1) is 6.54 Å². The SMILES string of the molecule is CCOC1CN(C(=O)Cn2cc(C(C)=O)c3ccccc32)CC1F. The largest absolute Gasteiger partial charge is 0.374 e. The van der Waals surface area contributed by atoms with Gasteiger partial charge in [-0.2, -0.15) is 0 Å². The van der Waals surface area contributed by atoms with Crippen LogP contribution in [0.3, 0.4) is 0 Å². The summed E-state index contributed by atoms with van der Waals surface area (Å²) in [6.45, 7) is 4.16. The molecule has 0 bridgehead atoms. The highest BCUT2D eigenvalue weighted by Gasteiger charge is 2.35. The van der Waals surface area contributed by atoms with Crippen molar-refractivity contribution in [1.82, 2.24) is 9.47 Å². The molecule has 0 N–H and O–H groups in total. The number of ether oxygens (including phenoxy) is 1. The number of aromatic nitrogens is 1. The lowest BCUT2D eigenvalue weighted by Gasteiger charge is -2.16. The van der Waals surface area contributed by atoms with Crippen LogP contribution >= 0.6 is 0 Å². The van der Waals surface area contributed by atoms with Gasteiger partial charge in [-0.25, -0.2) is 4.39 Å². The minimum Gasteiger partial charge on any atom is -0.374 e. The minimum atomic E-state index is -1.15. The fourth-order valence-corrected chi connectivity index (χ4v) is 3.21. The standard InChI is InChI=1S/C18H21FN2O3/c1-3-24-17-10-21(9-15(17)19)18(23)11-20-8-14(12(2)22)13-6-4-5-7-16(13)20/h4-8,15,17H,3,9-11H2,1-2H3. The van der Waals surface area contributed by atoms with E-state index >= 15 is 0 Å². The third kappa shape index (κ3) is 3.06. The molecule has 1 amide bonds. The van der Waals surface area contributed by atoms with Gasteiger partial charge in [0.2, 0.25) is 5.91 Å². The molecule has 0 spiro atoms. The number of para-hydroxylation sites is 1. The molecule has 2 atom stereocenters. The van der Waals surface area contributed by atoms with E-state index in [9.17, 15) is 14.0 Å². The molecule has 1 aromatic heterocycles. The van der Waals surface area contributed by atoms with Crippen LogP contribution < -0.4 is 0 Å². The van der Waals surface area contributed by atoms with Gasteiger partial charge in [-0.15, -0.1) is 0 Å². The smallest absolute Gasteiger partial charge is 0.242 e. The Bertz CT molecular complexity index is 771. The molecule has 1 aliphatic heterocycles. The quantitative estimate of drug-likeness (QED) is 0.790. The van der Waals surface area contributed by atoms with E-state index in [-0.39, 0.29) is 31.3 Å². The summed E-state index contributed by atoms with van der Waals surface area (Å²) in [6, 6.07) is 7.47. The van der Waals surface area contributed by atoms with Crippen molar-refractivity contribution in [2.45, 2.75) is 32.7 Å². The van der Waals surface area contributed by atoms with Crippen molar-refractivity contribution in [1.29, 1.82) is 0 Å². The minimum absolute atomic E-state index is 0.0428. The predicted molar refractivity (Wildman–Crippen MR) is 88.8 cm³/mol.